The number of hydrogen-bond acceptors (Lipinski definition) is 4. The van der Waals surface area contributed by atoms with Crippen molar-refractivity contribution in [3.05, 3.63) is 12.4 Å². The first kappa shape index (κ1) is 10.7. The highest BCUT2D eigenvalue weighted by molar-refractivity contribution is 7.91. The molecule has 0 saturated heterocycles. The molecule has 0 bridgehead atoms. The smallest absolute Gasteiger partial charge is 0.304 e. The number of aromatic nitrogens is 2. The molecule has 0 aromatic carbocycles. The van der Waals surface area contributed by atoms with Crippen molar-refractivity contribution in [1.29, 1.82) is 0 Å². The molecule has 0 unspecified atom stereocenters. The maximum atomic E-state index is 11.5. The van der Waals surface area contributed by atoms with E-state index < -0.39 is 28.0 Å². The van der Waals surface area contributed by atoms with Crippen LogP contribution in [0.5, 0.6) is 0 Å². The summed E-state index contributed by atoms with van der Waals surface area (Å²) in [4.78, 5) is 13.9. The zero-order valence-electron chi connectivity index (χ0n) is 7.54. The van der Waals surface area contributed by atoms with Crippen LogP contribution in [0.15, 0.2) is 17.6 Å². The van der Waals surface area contributed by atoms with Gasteiger partial charge in [-0.05, 0) is 0 Å². The van der Waals surface area contributed by atoms with Crippen LogP contribution >= 0.6 is 0 Å². The zero-order chi connectivity index (χ0) is 10.8. The molecule has 0 radical (unpaired) electrons. The van der Waals surface area contributed by atoms with E-state index in [2.05, 4.69) is 4.98 Å². The Labute approximate surface area is 81.1 Å². The van der Waals surface area contributed by atoms with Gasteiger partial charge in [0, 0.05) is 19.4 Å². The Hall–Kier alpha value is -1.37. The van der Waals surface area contributed by atoms with E-state index >= 15 is 0 Å². The molecule has 7 heteroatoms. The first-order valence-corrected chi connectivity index (χ1v) is 5.50. The van der Waals surface area contributed by atoms with E-state index in [1.54, 1.807) is 7.05 Å². The number of carboxylic acid groups (broad SMARTS) is 1. The number of sulfone groups is 1. The van der Waals surface area contributed by atoms with Crippen LogP contribution in [0.1, 0.15) is 6.42 Å². The largest absolute Gasteiger partial charge is 0.481 e. The lowest BCUT2D eigenvalue weighted by molar-refractivity contribution is -0.136. The minimum Gasteiger partial charge on any atom is -0.481 e. The molecule has 78 valence electrons. The first-order chi connectivity index (χ1) is 6.43. The molecule has 1 heterocycles. The monoisotopic (exact) mass is 218 g/mol. The number of nitrogens with zero attached hydrogens (tertiary/aromatic N) is 2. The van der Waals surface area contributed by atoms with Gasteiger partial charge < -0.3 is 9.67 Å². The number of rotatable bonds is 4. The van der Waals surface area contributed by atoms with Crippen LogP contribution in [-0.2, 0) is 21.7 Å². The molecule has 0 aliphatic rings. The summed E-state index contributed by atoms with van der Waals surface area (Å²) in [5.74, 6) is -1.56. The molecule has 0 amide bonds. The van der Waals surface area contributed by atoms with Crippen molar-refractivity contribution in [2.24, 2.45) is 7.05 Å². The third kappa shape index (κ3) is 2.32. The quantitative estimate of drug-likeness (QED) is 0.747. The molecule has 1 N–H and O–H groups in total. The minimum absolute atomic E-state index is 0.0984. The summed E-state index contributed by atoms with van der Waals surface area (Å²) < 4.78 is 24.3. The molecular formula is C7H10N2O4S. The van der Waals surface area contributed by atoms with Gasteiger partial charge >= 0.3 is 5.97 Å². The average molecular weight is 218 g/mol. The van der Waals surface area contributed by atoms with Gasteiger partial charge in [-0.2, -0.15) is 0 Å². The van der Waals surface area contributed by atoms with Crippen molar-refractivity contribution in [2.45, 2.75) is 11.6 Å². The van der Waals surface area contributed by atoms with Crippen molar-refractivity contribution in [3.8, 4) is 0 Å². The Bertz CT molecular complexity index is 434. The summed E-state index contributed by atoms with van der Waals surface area (Å²) in [6, 6.07) is 0. The topological polar surface area (TPSA) is 89.3 Å². The molecule has 0 spiro atoms. The van der Waals surface area contributed by atoms with Crippen molar-refractivity contribution >= 4 is 15.8 Å². The van der Waals surface area contributed by atoms with Crippen LogP contribution in [0, 0.1) is 0 Å². The van der Waals surface area contributed by atoms with E-state index in [-0.39, 0.29) is 5.16 Å². The number of carbonyl (C=O) groups is 1. The summed E-state index contributed by atoms with van der Waals surface area (Å²) in [5.41, 5.74) is 0. The van der Waals surface area contributed by atoms with Crippen LogP contribution in [0.3, 0.4) is 0 Å². The number of aliphatic carboxylic acids is 1. The van der Waals surface area contributed by atoms with Gasteiger partial charge in [-0.3, -0.25) is 4.79 Å². The SMILES string of the molecule is Cn1ccnc1S(=O)(=O)CCC(=O)O. The highest BCUT2D eigenvalue weighted by Crippen LogP contribution is 2.07. The van der Waals surface area contributed by atoms with E-state index in [9.17, 15) is 13.2 Å². The predicted octanol–water partition coefficient (Wildman–Crippen LogP) is -0.331. The molecule has 0 aliphatic heterocycles. The Balaban J connectivity index is 2.87. The normalized spacial score (nSPS) is 11.5. The molecule has 1 rings (SSSR count). The van der Waals surface area contributed by atoms with Crippen molar-refractivity contribution in [2.75, 3.05) is 5.75 Å². The highest BCUT2D eigenvalue weighted by Gasteiger charge is 2.20. The molecule has 14 heavy (non-hydrogen) atoms. The maximum Gasteiger partial charge on any atom is 0.304 e. The van der Waals surface area contributed by atoms with Crippen LogP contribution in [0.2, 0.25) is 0 Å². The van der Waals surface area contributed by atoms with E-state index in [0.29, 0.717) is 0 Å². The highest BCUT2D eigenvalue weighted by atomic mass is 32.2. The summed E-state index contributed by atoms with van der Waals surface area (Å²) in [5, 5.41) is 8.25. The second-order valence-corrected chi connectivity index (χ2v) is 4.79. The average Bonchev–Trinajstić information content (AvgIpc) is 2.48. The summed E-state index contributed by atoms with van der Waals surface area (Å²) in [6.07, 6.45) is 2.44. The van der Waals surface area contributed by atoms with Gasteiger partial charge in [0.25, 0.3) is 0 Å². The molecule has 6 nitrogen and oxygen atoms in total. The summed E-state index contributed by atoms with van der Waals surface area (Å²) in [6.45, 7) is 0. The van der Waals surface area contributed by atoms with Gasteiger partial charge in [0.05, 0.1) is 12.2 Å². The minimum atomic E-state index is -3.57. The second kappa shape index (κ2) is 3.79. The molecule has 0 aliphatic carbocycles. The number of aryl methyl sites for hydroxylation is 1. The van der Waals surface area contributed by atoms with Gasteiger partial charge in [-0.1, -0.05) is 0 Å². The van der Waals surface area contributed by atoms with Gasteiger partial charge in [0.1, 0.15) is 0 Å². The van der Waals surface area contributed by atoms with Crippen molar-refractivity contribution < 1.29 is 18.3 Å². The van der Waals surface area contributed by atoms with Gasteiger partial charge in [0.2, 0.25) is 15.0 Å². The predicted molar refractivity (Wildman–Crippen MR) is 47.5 cm³/mol. The van der Waals surface area contributed by atoms with E-state index in [0.717, 1.165) is 0 Å². The van der Waals surface area contributed by atoms with Crippen LogP contribution < -0.4 is 0 Å². The number of carboxylic acids is 1. The lowest BCUT2D eigenvalue weighted by atomic mass is 10.5. The Kier molecular flexibility index (Phi) is 2.90. The fourth-order valence-electron chi connectivity index (χ4n) is 0.965. The van der Waals surface area contributed by atoms with E-state index in [4.69, 9.17) is 5.11 Å². The third-order valence-electron chi connectivity index (χ3n) is 1.64. The van der Waals surface area contributed by atoms with Gasteiger partial charge in [-0.15, -0.1) is 0 Å². The molecule has 1 aromatic heterocycles. The van der Waals surface area contributed by atoms with Crippen LogP contribution in [0.25, 0.3) is 0 Å². The van der Waals surface area contributed by atoms with Crippen LogP contribution in [0.4, 0.5) is 0 Å². The Morgan fingerprint density at radius 1 is 1.64 bits per heavy atom. The number of imidazole rings is 1. The molecule has 1 aromatic rings. The molecule has 0 fully saturated rings. The van der Waals surface area contributed by atoms with Crippen molar-refractivity contribution in [3.63, 3.8) is 0 Å². The molecule has 0 atom stereocenters. The van der Waals surface area contributed by atoms with Gasteiger partial charge in [0.15, 0.2) is 0 Å². The van der Waals surface area contributed by atoms with Crippen LogP contribution in [-0.4, -0.2) is 34.8 Å². The fraction of sp³-hybridized carbons (Fsp3) is 0.429. The lowest BCUT2D eigenvalue weighted by Crippen LogP contribution is -2.14. The van der Waals surface area contributed by atoms with Gasteiger partial charge in [-0.25, -0.2) is 13.4 Å². The summed E-state index contributed by atoms with van der Waals surface area (Å²) in [7, 11) is -2.03. The summed E-state index contributed by atoms with van der Waals surface area (Å²) >= 11 is 0. The lowest BCUT2D eigenvalue weighted by Gasteiger charge is -2.01. The zero-order valence-corrected chi connectivity index (χ0v) is 8.36. The first-order valence-electron chi connectivity index (χ1n) is 3.85. The third-order valence-corrected chi connectivity index (χ3v) is 3.33. The standard InChI is InChI=1S/C7H10N2O4S/c1-9-4-3-8-7(9)14(12,13)5-2-6(10)11/h3-4H,2,5H2,1H3,(H,10,11). The Morgan fingerprint density at radius 2 is 2.29 bits per heavy atom. The van der Waals surface area contributed by atoms with Crippen molar-refractivity contribution in [1.82, 2.24) is 9.55 Å². The molecule has 0 saturated carbocycles. The fourth-order valence-corrected chi connectivity index (χ4v) is 2.31. The van der Waals surface area contributed by atoms with E-state index in [1.165, 1.54) is 17.0 Å². The maximum absolute atomic E-state index is 11.5. The Morgan fingerprint density at radius 3 is 2.71 bits per heavy atom. The van der Waals surface area contributed by atoms with E-state index in [1.807, 2.05) is 0 Å². The number of hydrogen-bond donors (Lipinski definition) is 1. The second-order valence-electron chi connectivity index (χ2n) is 2.78. The molecular weight excluding hydrogens is 208 g/mol.